The predicted octanol–water partition coefficient (Wildman–Crippen LogP) is 3.79. The van der Waals surface area contributed by atoms with Gasteiger partial charge in [0.1, 0.15) is 0 Å². The van der Waals surface area contributed by atoms with Crippen molar-refractivity contribution in [2.45, 2.75) is 45.6 Å². The molecular weight excluding hydrogens is 266 g/mol. The molecule has 0 spiro atoms. The predicted molar refractivity (Wildman–Crippen MR) is 85.6 cm³/mol. The lowest BCUT2D eigenvalue weighted by atomic mass is 10.1. The Balaban J connectivity index is 2.14. The van der Waals surface area contributed by atoms with E-state index >= 15 is 0 Å². The van der Waals surface area contributed by atoms with E-state index in [2.05, 4.69) is 10.2 Å². The minimum absolute atomic E-state index is 0.179. The number of nitrogens with one attached hydrogen (secondary N) is 1. The number of likely N-dealkylation sites (tertiary alicyclic amines) is 1. The number of nitrogens with zero attached hydrogens (tertiary/aromatic N) is 2. The topological polar surface area (TPSA) is 58.4 Å². The number of benzene rings is 1. The molecule has 0 atom stereocenters. The van der Waals surface area contributed by atoms with Gasteiger partial charge in [-0.15, -0.1) is 0 Å². The van der Waals surface area contributed by atoms with Gasteiger partial charge < -0.3 is 5.32 Å². The Kier molecular flexibility index (Phi) is 5.99. The average molecular weight is 291 g/mol. The molecule has 21 heavy (non-hydrogen) atoms. The molecule has 116 valence electrons. The summed E-state index contributed by atoms with van der Waals surface area (Å²) in [6.07, 6.45) is 6.39. The van der Waals surface area contributed by atoms with Gasteiger partial charge in [-0.05, 0) is 44.5 Å². The molecule has 0 amide bonds. The van der Waals surface area contributed by atoms with E-state index in [-0.39, 0.29) is 10.6 Å². The first kappa shape index (κ1) is 15.8. The minimum Gasteiger partial charge on any atom is -0.385 e. The molecule has 1 aromatic carbocycles. The monoisotopic (exact) mass is 291 g/mol. The number of hydrogen-bond donors (Lipinski definition) is 1. The summed E-state index contributed by atoms with van der Waals surface area (Å²) in [6, 6.07) is 5.13. The number of rotatable bonds is 5. The lowest BCUT2D eigenvalue weighted by Crippen LogP contribution is -2.27. The van der Waals surface area contributed by atoms with Gasteiger partial charge in [0.05, 0.1) is 4.92 Å². The minimum atomic E-state index is -0.313. The van der Waals surface area contributed by atoms with E-state index in [1.165, 1.54) is 32.1 Å². The highest BCUT2D eigenvalue weighted by Gasteiger charge is 2.14. The summed E-state index contributed by atoms with van der Waals surface area (Å²) in [5, 5.41) is 14.3. The maximum absolute atomic E-state index is 11.0. The van der Waals surface area contributed by atoms with E-state index in [1.807, 2.05) is 13.0 Å². The molecule has 0 aliphatic carbocycles. The second-order valence-corrected chi connectivity index (χ2v) is 5.67. The molecule has 0 bridgehead atoms. The third-order valence-corrected chi connectivity index (χ3v) is 4.01. The van der Waals surface area contributed by atoms with Crippen molar-refractivity contribution in [3.63, 3.8) is 0 Å². The van der Waals surface area contributed by atoms with Gasteiger partial charge in [-0.25, -0.2) is 0 Å². The number of non-ortho nitro benzene ring substituents is 1. The van der Waals surface area contributed by atoms with E-state index in [1.54, 1.807) is 12.1 Å². The quantitative estimate of drug-likeness (QED) is 0.662. The first-order valence-corrected chi connectivity index (χ1v) is 7.94. The molecule has 1 N–H and O–H groups in total. The summed E-state index contributed by atoms with van der Waals surface area (Å²) in [7, 11) is 0. The third kappa shape index (κ3) is 4.70. The Labute approximate surface area is 126 Å². The van der Waals surface area contributed by atoms with Gasteiger partial charge in [0, 0.05) is 30.9 Å². The molecule has 1 aliphatic heterocycles. The fourth-order valence-corrected chi connectivity index (χ4v) is 2.90. The molecule has 1 fully saturated rings. The molecule has 1 aliphatic rings. The lowest BCUT2D eigenvalue weighted by molar-refractivity contribution is -0.384. The van der Waals surface area contributed by atoms with Crippen molar-refractivity contribution in [2.24, 2.45) is 0 Å². The standard InChI is InChI=1S/C16H25N3O2/c1-2-17-16-9-8-15(19(20)21)12-14(16)13-18-10-6-4-3-5-7-11-18/h8-9,12,17H,2-7,10-11,13H2,1H3. The van der Waals surface area contributed by atoms with Crippen molar-refractivity contribution in [1.82, 2.24) is 4.90 Å². The number of nitro groups is 1. The third-order valence-electron chi connectivity index (χ3n) is 4.01. The fourth-order valence-electron chi connectivity index (χ4n) is 2.90. The van der Waals surface area contributed by atoms with Crippen molar-refractivity contribution < 1.29 is 4.92 Å². The number of anilines is 1. The van der Waals surface area contributed by atoms with Crippen LogP contribution in [0.4, 0.5) is 11.4 Å². The molecule has 5 heteroatoms. The van der Waals surface area contributed by atoms with Crippen LogP contribution in [0.25, 0.3) is 0 Å². The zero-order valence-corrected chi connectivity index (χ0v) is 12.8. The number of nitro benzene ring substituents is 1. The van der Waals surface area contributed by atoms with Gasteiger partial charge in [0.15, 0.2) is 0 Å². The average Bonchev–Trinajstić information content (AvgIpc) is 2.43. The molecule has 2 rings (SSSR count). The maximum Gasteiger partial charge on any atom is 0.269 e. The van der Waals surface area contributed by atoms with Gasteiger partial charge in [0.2, 0.25) is 0 Å². The van der Waals surface area contributed by atoms with E-state index < -0.39 is 0 Å². The second-order valence-electron chi connectivity index (χ2n) is 5.67. The van der Waals surface area contributed by atoms with Gasteiger partial charge >= 0.3 is 0 Å². The van der Waals surface area contributed by atoms with Crippen molar-refractivity contribution >= 4 is 11.4 Å². The summed E-state index contributed by atoms with van der Waals surface area (Å²) in [6.45, 7) is 5.85. The summed E-state index contributed by atoms with van der Waals surface area (Å²) in [5.74, 6) is 0. The summed E-state index contributed by atoms with van der Waals surface area (Å²) >= 11 is 0. The maximum atomic E-state index is 11.0. The highest BCUT2D eigenvalue weighted by molar-refractivity contribution is 5.56. The first-order valence-electron chi connectivity index (χ1n) is 7.94. The molecule has 0 aromatic heterocycles. The summed E-state index contributed by atoms with van der Waals surface area (Å²) in [5.41, 5.74) is 2.23. The van der Waals surface area contributed by atoms with Crippen LogP contribution >= 0.6 is 0 Å². The Morgan fingerprint density at radius 3 is 2.48 bits per heavy atom. The van der Waals surface area contributed by atoms with Crippen LogP contribution in [0.5, 0.6) is 0 Å². The highest BCUT2D eigenvalue weighted by atomic mass is 16.6. The van der Waals surface area contributed by atoms with Crippen molar-refractivity contribution in [3.05, 3.63) is 33.9 Å². The largest absolute Gasteiger partial charge is 0.385 e. The van der Waals surface area contributed by atoms with Gasteiger partial charge in [-0.1, -0.05) is 19.3 Å². The smallest absolute Gasteiger partial charge is 0.269 e. The van der Waals surface area contributed by atoms with E-state index in [4.69, 9.17) is 0 Å². The molecule has 1 saturated heterocycles. The number of hydrogen-bond acceptors (Lipinski definition) is 4. The van der Waals surface area contributed by atoms with Gasteiger partial charge in [-0.3, -0.25) is 15.0 Å². The van der Waals surface area contributed by atoms with Crippen LogP contribution in [0.2, 0.25) is 0 Å². The van der Waals surface area contributed by atoms with Crippen LogP contribution < -0.4 is 5.32 Å². The van der Waals surface area contributed by atoms with E-state index in [9.17, 15) is 10.1 Å². The lowest BCUT2D eigenvalue weighted by Gasteiger charge is -2.25. The summed E-state index contributed by atoms with van der Waals surface area (Å²) in [4.78, 5) is 13.1. The van der Waals surface area contributed by atoms with Crippen molar-refractivity contribution in [2.75, 3.05) is 25.0 Å². The van der Waals surface area contributed by atoms with Gasteiger partial charge in [0.25, 0.3) is 5.69 Å². The molecule has 5 nitrogen and oxygen atoms in total. The van der Waals surface area contributed by atoms with Crippen molar-refractivity contribution in [3.8, 4) is 0 Å². The Morgan fingerprint density at radius 2 is 1.86 bits per heavy atom. The zero-order valence-electron chi connectivity index (χ0n) is 12.8. The second kappa shape index (κ2) is 7.98. The fraction of sp³-hybridized carbons (Fsp3) is 0.625. The molecule has 0 radical (unpaired) electrons. The normalized spacial score (nSPS) is 17.0. The molecule has 0 unspecified atom stereocenters. The van der Waals surface area contributed by atoms with Crippen LogP contribution in [-0.2, 0) is 6.54 Å². The molecular formula is C16H25N3O2. The Bertz CT molecular complexity index is 469. The Morgan fingerprint density at radius 1 is 1.19 bits per heavy atom. The first-order chi connectivity index (χ1) is 10.2. The SMILES string of the molecule is CCNc1ccc([N+](=O)[O-])cc1CN1CCCCCCC1. The van der Waals surface area contributed by atoms with E-state index in [0.29, 0.717) is 0 Å². The molecule has 1 heterocycles. The Hall–Kier alpha value is -1.62. The highest BCUT2D eigenvalue weighted by Crippen LogP contribution is 2.24. The van der Waals surface area contributed by atoms with Crippen LogP contribution in [0, 0.1) is 10.1 Å². The molecule has 0 saturated carbocycles. The van der Waals surface area contributed by atoms with Crippen LogP contribution in [0.15, 0.2) is 18.2 Å². The van der Waals surface area contributed by atoms with Crippen LogP contribution in [0.1, 0.15) is 44.6 Å². The molecule has 1 aromatic rings. The zero-order chi connectivity index (χ0) is 15.1. The van der Waals surface area contributed by atoms with Crippen LogP contribution in [0.3, 0.4) is 0 Å². The van der Waals surface area contributed by atoms with Crippen LogP contribution in [-0.4, -0.2) is 29.5 Å². The van der Waals surface area contributed by atoms with Crippen molar-refractivity contribution in [1.29, 1.82) is 0 Å². The van der Waals surface area contributed by atoms with E-state index in [0.717, 1.165) is 37.4 Å². The van der Waals surface area contributed by atoms with Gasteiger partial charge in [-0.2, -0.15) is 0 Å². The summed E-state index contributed by atoms with van der Waals surface area (Å²) < 4.78 is 0.